The highest BCUT2D eigenvalue weighted by Gasteiger charge is 2.12. The molecule has 0 fully saturated rings. The van der Waals surface area contributed by atoms with E-state index in [0.717, 1.165) is 21.3 Å². The lowest BCUT2D eigenvalue weighted by molar-refractivity contribution is 0.101. The van der Waals surface area contributed by atoms with Gasteiger partial charge in [-0.3, -0.25) is 9.48 Å². The number of aromatic nitrogens is 2. The van der Waals surface area contributed by atoms with Gasteiger partial charge in [-0.05, 0) is 25.1 Å². The molecule has 0 spiro atoms. The average molecular weight is 322 g/mol. The Hall–Kier alpha value is -1.62. The van der Waals surface area contributed by atoms with Gasteiger partial charge in [-0.1, -0.05) is 15.9 Å². The Labute approximate surface area is 121 Å². The minimum atomic E-state index is 0.0699. The van der Waals surface area contributed by atoms with Crippen molar-refractivity contribution in [2.75, 3.05) is 11.9 Å². The molecular weight excluding hydrogens is 306 g/mol. The fourth-order valence-corrected chi connectivity index (χ4v) is 2.38. The summed E-state index contributed by atoms with van der Waals surface area (Å²) in [6.45, 7) is 2.30. The van der Waals surface area contributed by atoms with Crippen LogP contribution < -0.4 is 4.90 Å². The normalized spacial score (nSPS) is 10.5. The molecule has 0 aliphatic heterocycles. The predicted molar refractivity (Wildman–Crippen MR) is 79.5 cm³/mol. The second-order valence-corrected chi connectivity index (χ2v) is 5.51. The molecule has 0 bridgehead atoms. The van der Waals surface area contributed by atoms with Crippen LogP contribution in [0.15, 0.2) is 35.1 Å². The Kier molecular flexibility index (Phi) is 4.04. The van der Waals surface area contributed by atoms with E-state index in [1.807, 2.05) is 44.7 Å². The number of nitrogens with zero attached hydrogens (tertiary/aromatic N) is 3. The molecule has 19 heavy (non-hydrogen) atoms. The largest absolute Gasteiger partial charge is 0.370 e. The van der Waals surface area contributed by atoms with Crippen molar-refractivity contribution in [3.05, 3.63) is 46.2 Å². The van der Waals surface area contributed by atoms with E-state index in [1.54, 1.807) is 11.6 Å². The number of hydrogen-bond acceptors (Lipinski definition) is 3. The number of anilines is 1. The number of aryl methyl sites for hydroxylation is 1. The van der Waals surface area contributed by atoms with E-state index in [-0.39, 0.29) is 5.78 Å². The van der Waals surface area contributed by atoms with Gasteiger partial charge in [0, 0.05) is 48.1 Å². The zero-order valence-electron chi connectivity index (χ0n) is 11.2. The first-order valence-corrected chi connectivity index (χ1v) is 6.76. The van der Waals surface area contributed by atoms with E-state index in [2.05, 4.69) is 25.9 Å². The van der Waals surface area contributed by atoms with Crippen LogP contribution in [0.25, 0.3) is 0 Å². The molecule has 0 atom stereocenters. The lowest BCUT2D eigenvalue weighted by atomic mass is 10.1. The molecule has 0 N–H and O–H groups in total. The predicted octanol–water partition coefficient (Wildman–Crippen LogP) is 3.02. The molecular formula is C14H16BrN3O. The van der Waals surface area contributed by atoms with E-state index in [0.29, 0.717) is 6.54 Å². The summed E-state index contributed by atoms with van der Waals surface area (Å²) in [5, 5.41) is 4.15. The number of Topliss-reactive ketones (excluding diaryl/α,β-unsaturated/α-hetero) is 1. The van der Waals surface area contributed by atoms with E-state index in [4.69, 9.17) is 0 Å². The lowest BCUT2D eigenvalue weighted by Gasteiger charge is -2.21. The minimum absolute atomic E-state index is 0.0699. The van der Waals surface area contributed by atoms with Gasteiger partial charge >= 0.3 is 0 Å². The third-order valence-electron chi connectivity index (χ3n) is 2.93. The molecule has 5 heteroatoms. The second-order valence-electron chi connectivity index (χ2n) is 4.60. The summed E-state index contributed by atoms with van der Waals surface area (Å²) in [5.41, 5.74) is 2.76. The smallest absolute Gasteiger partial charge is 0.161 e. The highest BCUT2D eigenvalue weighted by molar-refractivity contribution is 9.10. The fraction of sp³-hybridized carbons (Fsp3) is 0.286. The molecule has 1 aromatic carbocycles. The maximum atomic E-state index is 11.7. The van der Waals surface area contributed by atoms with Crippen molar-refractivity contribution in [2.45, 2.75) is 13.5 Å². The van der Waals surface area contributed by atoms with Crippen LogP contribution in [0.2, 0.25) is 0 Å². The van der Waals surface area contributed by atoms with E-state index in [9.17, 15) is 4.79 Å². The second kappa shape index (κ2) is 5.57. The van der Waals surface area contributed by atoms with Gasteiger partial charge in [0.1, 0.15) is 0 Å². The average Bonchev–Trinajstić information content (AvgIpc) is 2.74. The molecule has 0 aliphatic carbocycles. The summed E-state index contributed by atoms with van der Waals surface area (Å²) in [4.78, 5) is 13.7. The van der Waals surface area contributed by atoms with Crippen molar-refractivity contribution in [3.8, 4) is 0 Å². The molecule has 100 valence electrons. The van der Waals surface area contributed by atoms with Crippen molar-refractivity contribution in [3.63, 3.8) is 0 Å². The monoisotopic (exact) mass is 321 g/mol. The molecule has 4 nitrogen and oxygen atoms in total. The summed E-state index contributed by atoms with van der Waals surface area (Å²) in [6, 6.07) is 5.70. The Morgan fingerprint density at radius 1 is 1.47 bits per heavy atom. The Morgan fingerprint density at radius 2 is 2.21 bits per heavy atom. The number of halogens is 1. The van der Waals surface area contributed by atoms with Gasteiger partial charge in [0.15, 0.2) is 5.78 Å². The maximum absolute atomic E-state index is 11.7. The Balaban J connectivity index is 2.29. The molecule has 0 saturated carbocycles. The summed E-state index contributed by atoms with van der Waals surface area (Å²) in [7, 11) is 3.87. The standard InChI is InChI=1S/C14H16BrN3O/c1-10(19)13-5-4-12(15)6-14(13)17(2)8-11-7-16-18(3)9-11/h4-7,9H,8H2,1-3H3. The molecule has 0 saturated heterocycles. The Bertz CT molecular complexity index is 606. The van der Waals surface area contributed by atoms with Gasteiger partial charge in [-0.15, -0.1) is 0 Å². The summed E-state index contributed by atoms with van der Waals surface area (Å²) < 4.78 is 2.74. The van der Waals surface area contributed by atoms with Crippen LogP contribution in [0, 0.1) is 0 Å². The number of carbonyl (C=O) groups excluding carboxylic acids is 1. The molecule has 1 aromatic heterocycles. The van der Waals surface area contributed by atoms with Crippen LogP contribution in [0.4, 0.5) is 5.69 Å². The van der Waals surface area contributed by atoms with Crippen LogP contribution in [-0.4, -0.2) is 22.6 Å². The molecule has 0 unspecified atom stereocenters. The molecule has 0 aliphatic rings. The van der Waals surface area contributed by atoms with Gasteiger partial charge in [0.05, 0.1) is 6.20 Å². The summed E-state index contributed by atoms with van der Waals surface area (Å²) in [5.74, 6) is 0.0699. The van der Waals surface area contributed by atoms with Crippen molar-refractivity contribution in [1.29, 1.82) is 0 Å². The quantitative estimate of drug-likeness (QED) is 0.812. The topological polar surface area (TPSA) is 38.1 Å². The third-order valence-corrected chi connectivity index (χ3v) is 3.42. The van der Waals surface area contributed by atoms with E-state index in [1.165, 1.54) is 0 Å². The van der Waals surface area contributed by atoms with Crippen LogP contribution >= 0.6 is 15.9 Å². The molecule has 2 aromatic rings. The van der Waals surface area contributed by atoms with Crippen molar-refractivity contribution < 1.29 is 4.79 Å². The number of ketones is 1. The number of rotatable bonds is 4. The first-order valence-electron chi connectivity index (χ1n) is 5.96. The summed E-state index contributed by atoms with van der Waals surface area (Å²) in [6.07, 6.45) is 3.81. The van der Waals surface area contributed by atoms with E-state index >= 15 is 0 Å². The maximum Gasteiger partial charge on any atom is 0.161 e. The van der Waals surface area contributed by atoms with Crippen LogP contribution in [-0.2, 0) is 13.6 Å². The minimum Gasteiger partial charge on any atom is -0.370 e. The summed E-state index contributed by atoms with van der Waals surface area (Å²) >= 11 is 3.45. The van der Waals surface area contributed by atoms with Crippen molar-refractivity contribution >= 4 is 27.4 Å². The van der Waals surface area contributed by atoms with Gasteiger partial charge in [-0.25, -0.2) is 0 Å². The van der Waals surface area contributed by atoms with E-state index < -0.39 is 0 Å². The number of hydrogen-bond donors (Lipinski definition) is 0. The highest BCUT2D eigenvalue weighted by atomic mass is 79.9. The fourth-order valence-electron chi connectivity index (χ4n) is 2.03. The highest BCUT2D eigenvalue weighted by Crippen LogP contribution is 2.26. The first-order chi connectivity index (χ1) is 8.97. The van der Waals surface area contributed by atoms with Crippen LogP contribution in [0.3, 0.4) is 0 Å². The number of carbonyl (C=O) groups is 1. The molecule has 1 heterocycles. The van der Waals surface area contributed by atoms with Gasteiger partial charge in [0.25, 0.3) is 0 Å². The molecule has 2 rings (SSSR count). The van der Waals surface area contributed by atoms with Gasteiger partial charge in [-0.2, -0.15) is 5.10 Å². The van der Waals surface area contributed by atoms with Crippen molar-refractivity contribution in [2.24, 2.45) is 7.05 Å². The molecule has 0 radical (unpaired) electrons. The van der Waals surface area contributed by atoms with Crippen LogP contribution in [0.5, 0.6) is 0 Å². The SMILES string of the molecule is CC(=O)c1ccc(Br)cc1N(C)Cc1cnn(C)c1. The molecule has 0 amide bonds. The van der Waals surface area contributed by atoms with Crippen molar-refractivity contribution in [1.82, 2.24) is 9.78 Å². The van der Waals surface area contributed by atoms with Gasteiger partial charge < -0.3 is 4.90 Å². The lowest BCUT2D eigenvalue weighted by Crippen LogP contribution is -2.18. The Morgan fingerprint density at radius 3 is 2.79 bits per heavy atom. The van der Waals surface area contributed by atoms with Gasteiger partial charge in [0.2, 0.25) is 0 Å². The first kappa shape index (κ1) is 13.8. The zero-order chi connectivity index (χ0) is 14.0. The third kappa shape index (κ3) is 3.23. The zero-order valence-corrected chi connectivity index (χ0v) is 12.8. The number of benzene rings is 1. The van der Waals surface area contributed by atoms with Crippen LogP contribution in [0.1, 0.15) is 22.8 Å².